The van der Waals surface area contributed by atoms with E-state index in [4.69, 9.17) is 7.73 Å². The molecule has 5 aromatic rings. The fourth-order valence-electron chi connectivity index (χ4n) is 4.02. The maximum atomic E-state index is 8.45. The van der Waals surface area contributed by atoms with E-state index in [1.54, 1.807) is 11.3 Å². The van der Waals surface area contributed by atoms with Crippen LogP contribution >= 0.6 is 11.3 Å². The molecular formula is C27H25NS. The number of rotatable bonds is 3. The Labute approximate surface area is 178 Å². The molecule has 1 nitrogen and oxygen atoms in total. The van der Waals surface area contributed by atoms with Crippen LogP contribution in [-0.4, -0.2) is 4.98 Å². The zero-order valence-electron chi connectivity index (χ0n) is 19.2. The fourth-order valence-corrected chi connectivity index (χ4v) is 5.30. The van der Waals surface area contributed by atoms with Crippen LogP contribution in [0.2, 0.25) is 0 Å². The number of aromatic nitrogens is 1. The normalized spacial score (nSPS) is 13.8. The van der Waals surface area contributed by atoms with Crippen molar-refractivity contribution in [1.82, 2.24) is 4.98 Å². The molecule has 2 aromatic heterocycles. The van der Waals surface area contributed by atoms with Crippen molar-refractivity contribution in [2.45, 2.75) is 39.5 Å². The summed E-state index contributed by atoms with van der Waals surface area (Å²) >= 11 is 1.77. The summed E-state index contributed by atoms with van der Waals surface area (Å²) in [6.07, 6.45) is 1.82. The van der Waals surface area contributed by atoms with Gasteiger partial charge in [0.25, 0.3) is 0 Å². The molecule has 5 rings (SSSR count). The highest BCUT2D eigenvalue weighted by atomic mass is 32.1. The Kier molecular flexibility index (Phi) is 3.87. The van der Waals surface area contributed by atoms with E-state index >= 15 is 0 Å². The molecule has 0 bridgehead atoms. The minimum absolute atomic E-state index is 0.634. The molecule has 0 aliphatic heterocycles. The van der Waals surface area contributed by atoms with Gasteiger partial charge in [0.1, 0.15) is 0 Å². The largest absolute Gasteiger partial charge is 0.256 e. The highest BCUT2D eigenvalue weighted by Crippen LogP contribution is 2.44. The van der Waals surface area contributed by atoms with Gasteiger partial charge in [0, 0.05) is 34.7 Å². The summed E-state index contributed by atoms with van der Waals surface area (Å²) in [5, 5.41) is 4.90. The van der Waals surface area contributed by atoms with E-state index in [-0.39, 0.29) is 0 Å². The molecule has 0 aliphatic rings. The van der Waals surface area contributed by atoms with Gasteiger partial charge in [-0.15, -0.1) is 11.3 Å². The van der Waals surface area contributed by atoms with Crippen LogP contribution in [0.3, 0.4) is 0 Å². The van der Waals surface area contributed by atoms with Crippen LogP contribution in [0.1, 0.15) is 53.4 Å². The Hall–Kier alpha value is -2.71. The second-order valence-electron chi connectivity index (χ2n) is 8.09. The van der Waals surface area contributed by atoms with E-state index in [1.165, 1.54) is 30.9 Å². The van der Waals surface area contributed by atoms with Crippen molar-refractivity contribution in [2.24, 2.45) is 0 Å². The minimum Gasteiger partial charge on any atom is -0.256 e. The number of pyridine rings is 1. The zero-order valence-corrected chi connectivity index (χ0v) is 18.0. The molecule has 0 aliphatic carbocycles. The predicted molar refractivity (Wildman–Crippen MR) is 128 cm³/mol. The lowest BCUT2D eigenvalue weighted by Crippen LogP contribution is -1.91. The van der Waals surface area contributed by atoms with E-state index in [2.05, 4.69) is 54.6 Å². The Morgan fingerprint density at radius 2 is 1.59 bits per heavy atom. The van der Waals surface area contributed by atoms with Gasteiger partial charge < -0.3 is 0 Å². The standard InChI is InChI=1S/C27H25NS/c1-16(2)18-9-10-22-25(15-18)29-27-23(24-14-19(17(3)4)11-12-28-24)13-20-7-5-6-8-21(20)26(22)27/h5-17H,1-4H3/i16D,17D. The van der Waals surface area contributed by atoms with Gasteiger partial charge in [-0.05, 0) is 58.0 Å². The Bertz CT molecular complexity index is 1450. The molecule has 0 amide bonds. The Balaban J connectivity index is 1.89. The maximum absolute atomic E-state index is 8.45. The van der Waals surface area contributed by atoms with Crippen LogP contribution < -0.4 is 0 Å². The summed E-state index contributed by atoms with van der Waals surface area (Å²) in [7, 11) is 0. The molecule has 2 heterocycles. The number of hydrogen-bond donors (Lipinski definition) is 0. The van der Waals surface area contributed by atoms with Crippen LogP contribution in [0.4, 0.5) is 0 Å². The SMILES string of the molecule is [2H]C(C)(C)c1ccnc(-c2cc3ccccc3c3c2sc2cc(C([2H])(C)C)ccc23)c1. The summed E-state index contributed by atoms with van der Waals surface area (Å²) < 4.78 is 19.3. The molecule has 0 unspecified atom stereocenters. The molecule has 0 radical (unpaired) electrons. The van der Waals surface area contributed by atoms with Gasteiger partial charge in [-0.3, -0.25) is 4.98 Å². The van der Waals surface area contributed by atoms with Crippen molar-refractivity contribution in [3.05, 3.63) is 78.0 Å². The van der Waals surface area contributed by atoms with Crippen molar-refractivity contribution >= 4 is 42.3 Å². The molecule has 144 valence electrons. The van der Waals surface area contributed by atoms with Gasteiger partial charge in [-0.2, -0.15) is 0 Å². The summed E-state index contributed by atoms with van der Waals surface area (Å²) in [6, 6.07) is 21.2. The summed E-state index contributed by atoms with van der Waals surface area (Å²) in [6.45, 7) is 7.68. The van der Waals surface area contributed by atoms with Crippen molar-refractivity contribution in [3.63, 3.8) is 0 Å². The molecule has 3 aromatic carbocycles. The summed E-state index contributed by atoms with van der Waals surface area (Å²) in [4.78, 5) is 4.70. The highest BCUT2D eigenvalue weighted by molar-refractivity contribution is 7.26. The van der Waals surface area contributed by atoms with Crippen LogP contribution in [0.5, 0.6) is 0 Å². The first-order chi connectivity index (χ1) is 14.6. The van der Waals surface area contributed by atoms with Crippen LogP contribution in [-0.2, 0) is 0 Å². The lowest BCUT2D eigenvalue weighted by Gasteiger charge is -2.10. The summed E-state index contributed by atoms with van der Waals surface area (Å²) in [5.41, 5.74) is 3.99. The third-order valence-corrected chi connectivity index (χ3v) is 6.84. The first-order valence-electron chi connectivity index (χ1n) is 11.0. The van der Waals surface area contributed by atoms with Gasteiger partial charge in [0.05, 0.1) is 5.69 Å². The molecular weight excluding hydrogens is 370 g/mol. The van der Waals surface area contributed by atoms with E-state index in [0.717, 1.165) is 22.4 Å². The van der Waals surface area contributed by atoms with Crippen molar-refractivity contribution in [3.8, 4) is 11.3 Å². The van der Waals surface area contributed by atoms with Gasteiger partial charge in [0.2, 0.25) is 0 Å². The lowest BCUT2D eigenvalue weighted by atomic mass is 9.96. The molecule has 0 spiro atoms. The molecule has 0 saturated heterocycles. The van der Waals surface area contributed by atoms with E-state index in [1.807, 2.05) is 40.0 Å². The van der Waals surface area contributed by atoms with Gasteiger partial charge in [-0.25, -0.2) is 0 Å². The average Bonchev–Trinajstić information content (AvgIpc) is 3.11. The highest BCUT2D eigenvalue weighted by Gasteiger charge is 2.16. The molecule has 29 heavy (non-hydrogen) atoms. The van der Waals surface area contributed by atoms with Gasteiger partial charge in [0.15, 0.2) is 0 Å². The molecule has 0 saturated carbocycles. The fraction of sp³-hybridized carbons (Fsp3) is 0.222. The van der Waals surface area contributed by atoms with Crippen molar-refractivity contribution in [2.75, 3.05) is 0 Å². The number of hydrogen-bond acceptors (Lipinski definition) is 2. The predicted octanol–water partition coefficient (Wildman–Crippen LogP) is 8.52. The molecule has 2 heteroatoms. The van der Waals surface area contributed by atoms with E-state index in [0.29, 0.717) is 0 Å². The monoisotopic (exact) mass is 397 g/mol. The van der Waals surface area contributed by atoms with Crippen LogP contribution in [0, 0.1) is 0 Å². The second kappa shape index (κ2) is 6.96. The summed E-state index contributed by atoms with van der Waals surface area (Å²) in [5.74, 6) is -1.31. The zero-order chi connectivity index (χ0) is 22.0. The minimum atomic E-state index is -0.678. The number of thiophene rings is 1. The smallest absolute Gasteiger partial charge is 0.0719 e. The van der Waals surface area contributed by atoms with Crippen molar-refractivity contribution in [1.29, 1.82) is 0 Å². The third-order valence-electron chi connectivity index (χ3n) is 5.66. The number of nitrogens with zero attached hydrogens (tertiary/aromatic N) is 1. The van der Waals surface area contributed by atoms with Crippen LogP contribution in [0.15, 0.2) is 66.9 Å². The topological polar surface area (TPSA) is 12.9 Å². The van der Waals surface area contributed by atoms with Crippen molar-refractivity contribution < 1.29 is 2.74 Å². The van der Waals surface area contributed by atoms with E-state index < -0.39 is 11.8 Å². The molecule has 0 N–H and O–H groups in total. The lowest BCUT2D eigenvalue weighted by molar-refractivity contribution is 0.864. The first kappa shape index (κ1) is 16.1. The van der Waals surface area contributed by atoms with Crippen LogP contribution in [0.25, 0.3) is 42.2 Å². The Morgan fingerprint density at radius 3 is 2.38 bits per heavy atom. The van der Waals surface area contributed by atoms with Gasteiger partial charge in [-0.1, -0.05) is 64.1 Å². The Morgan fingerprint density at radius 1 is 0.828 bits per heavy atom. The van der Waals surface area contributed by atoms with Gasteiger partial charge >= 0.3 is 0 Å². The number of fused-ring (bicyclic) bond motifs is 5. The molecule has 0 atom stereocenters. The molecule has 0 fully saturated rings. The average molecular weight is 398 g/mol. The maximum Gasteiger partial charge on any atom is 0.0719 e. The second-order valence-corrected chi connectivity index (χ2v) is 9.14. The first-order valence-corrected chi connectivity index (χ1v) is 10.8. The van der Waals surface area contributed by atoms with E-state index in [9.17, 15) is 0 Å². The number of benzene rings is 3. The third kappa shape index (κ3) is 3.03. The quantitative estimate of drug-likeness (QED) is 0.297.